The standard InChI is InChI=1S/C11H13F2NO2/c1-3-16-10-8(11(12)13)5-4-7(6(2)15)9(10)14/h4-5,11H,3,14H2,1-2H3. The Morgan fingerprint density at radius 3 is 2.56 bits per heavy atom. The molecule has 0 unspecified atom stereocenters. The van der Waals surface area contributed by atoms with Crippen LogP contribution in [0.1, 0.15) is 36.2 Å². The van der Waals surface area contributed by atoms with Crippen LogP contribution in [0.15, 0.2) is 12.1 Å². The number of carbonyl (C=O) groups is 1. The average Bonchev–Trinajstić information content (AvgIpc) is 2.20. The van der Waals surface area contributed by atoms with Gasteiger partial charge in [-0.25, -0.2) is 8.78 Å². The highest BCUT2D eigenvalue weighted by atomic mass is 19.3. The lowest BCUT2D eigenvalue weighted by atomic mass is 10.0. The minimum atomic E-state index is -2.68. The molecule has 3 nitrogen and oxygen atoms in total. The minimum Gasteiger partial charge on any atom is -0.491 e. The molecule has 0 heterocycles. The van der Waals surface area contributed by atoms with Crippen LogP contribution in [0.4, 0.5) is 14.5 Å². The number of rotatable bonds is 4. The molecule has 16 heavy (non-hydrogen) atoms. The summed E-state index contributed by atoms with van der Waals surface area (Å²) in [5, 5.41) is 0. The molecule has 0 saturated carbocycles. The first-order valence-electron chi connectivity index (χ1n) is 4.83. The molecule has 2 N–H and O–H groups in total. The Kier molecular flexibility index (Phi) is 3.82. The number of Topliss-reactive ketones (excluding diaryl/α,β-unsaturated/α-hetero) is 1. The van der Waals surface area contributed by atoms with Gasteiger partial charge in [0, 0.05) is 5.56 Å². The van der Waals surface area contributed by atoms with E-state index >= 15 is 0 Å². The topological polar surface area (TPSA) is 52.3 Å². The fraction of sp³-hybridized carbons (Fsp3) is 0.364. The van der Waals surface area contributed by atoms with Crippen LogP contribution in [0.25, 0.3) is 0 Å². The van der Waals surface area contributed by atoms with E-state index in [9.17, 15) is 13.6 Å². The Labute approximate surface area is 92.2 Å². The van der Waals surface area contributed by atoms with Crippen LogP contribution >= 0.6 is 0 Å². The second-order valence-corrected chi connectivity index (χ2v) is 3.24. The molecule has 0 radical (unpaired) electrons. The fourth-order valence-corrected chi connectivity index (χ4v) is 1.40. The third-order valence-electron chi connectivity index (χ3n) is 2.13. The van der Waals surface area contributed by atoms with E-state index in [0.717, 1.165) is 0 Å². The van der Waals surface area contributed by atoms with Crippen molar-refractivity contribution >= 4 is 11.5 Å². The molecular weight excluding hydrogens is 216 g/mol. The molecule has 0 spiro atoms. The van der Waals surface area contributed by atoms with Crippen molar-refractivity contribution in [3.63, 3.8) is 0 Å². The molecule has 0 aliphatic rings. The highest BCUT2D eigenvalue weighted by Gasteiger charge is 2.20. The van der Waals surface area contributed by atoms with Gasteiger partial charge in [-0.1, -0.05) is 0 Å². The van der Waals surface area contributed by atoms with Crippen LogP contribution in [0, 0.1) is 0 Å². The highest BCUT2D eigenvalue weighted by molar-refractivity contribution is 6.00. The number of carbonyl (C=O) groups excluding carboxylic acids is 1. The smallest absolute Gasteiger partial charge is 0.267 e. The summed E-state index contributed by atoms with van der Waals surface area (Å²) in [5.41, 5.74) is 5.52. The Balaban J connectivity index is 3.35. The Hall–Kier alpha value is -1.65. The summed E-state index contributed by atoms with van der Waals surface area (Å²) < 4.78 is 30.3. The lowest BCUT2D eigenvalue weighted by molar-refractivity contribution is 0.101. The zero-order valence-electron chi connectivity index (χ0n) is 9.09. The summed E-state index contributed by atoms with van der Waals surface area (Å²) >= 11 is 0. The third kappa shape index (κ3) is 2.29. The zero-order valence-corrected chi connectivity index (χ0v) is 9.09. The van der Waals surface area contributed by atoms with Crippen molar-refractivity contribution in [3.05, 3.63) is 23.3 Å². The molecule has 0 bridgehead atoms. The molecule has 0 fully saturated rings. The van der Waals surface area contributed by atoms with Gasteiger partial charge >= 0.3 is 0 Å². The maximum atomic E-state index is 12.6. The Bertz CT molecular complexity index is 405. The summed E-state index contributed by atoms with van der Waals surface area (Å²) in [5.74, 6) is -0.371. The number of anilines is 1. The van der Waals surface area contributed by atoms with Crippen LogP contribution < -0.4 is 10.5 Å². The van der Waals surface area contributed by atoms with Gasteiger partial charge in [0.05, 0.1) is 17.9 Å². The van der Waals surface area contributed by atoms with Gasteiger partial charge < -0.3 is 10.5 Å². The quantitative estimate of drug-likeness (QED) is 0.638. The van der Waals surface area contributed by atoms with Gasteiger partial charge in [0.2, 0.25) is 0 Å². The Morgan fingerprint density at radius 2 is 2.12 bits per heavy atom. The lowest BCUT2D eigenvalue weighted by Crippen LogP contribution is -2.06. The van der Waals surface area contributed by atoms with E-state index in [1.165, 1.54) is 19.1 Å². The molecular formula is C11H13F2NO2. The van der Waals surface area contributed by atoms with Crippen molar-refractivity contribution in [2.24, 2.45) is 0 Å². The van der Waals surface area contributed by atoms with E-state index in [1.54, 1.807) is 6.92 Å². The number of benzene rings is 1. The molecule has 0 amide bonds. The van der Waals surface area contributed by atoms with Crippen LogP contribution in [0.3, 0.4) is 0 Å². The molecule has 1 aromatic carbocycles. The number of nitrogens with two attached hydrogens (primary N) is 1. The molecule has 0 saturated heterocycles. The summed E-state index contributed by atoms with van der Waals surface area (Å²) in [7, 11) is 0. The van der Waals surface area contributed by atoms with Crippen molar-refractivity contribution in [3.8, 4) is 5.75 Å². The van der Waals surface area contributed by atoms with Crippen LogP contribution in [0.5, 0.6) is 5.75 Å². The molecule has 0 aliphatic heterocycles. The van der Waals surface area contributed by atoms with E-state index in [-0.39, 0.29) is 35.0 Å². The van der Waals surface area contributed by atoms with Gasteiger partial charge in [-0.05, 0) is 26.0 Å². The molecule has 0 aromatic heterocycles. The SMILES string of the molecule is CCOc1c(C(F)F)ccc(C(C)=O)c1N. The minimum absolute atomic E-state index is 0.0212. The number of hydrogen-bond donors (Lipinski definition) is 1. The van der Waals surface area contributed by atoms with E-state index in [2.05, 4.69) is 0 Å². The Morgan fingerprint density at radius 1 is 1.50 bits per heavy atom. The van der Waals surface area contributed by atoms with Crippen LogP contribution in [-0.4, -0.2) is 12.4 Å². The van der Waals surface area contributed by atoms with Gasteiger partial charge in [0.25, 0.3) is 6.43 Å². The number of nitrogen functional groups attached to an aromatic ring is 1. The normalized spacial score (nSPS) is 10.6. The van der Waals surface area contributed by atoms with Crippen molar-refractivity contribution in [2.75, 3.05) is 12.3 Å². The average molecular weight is 229 g/mol. The second kappa shape index (κ2) is 4.92. The molecule has 0 atom stereocenters. The van der Waals surface area contributed by atoms with Crippen LogP contribution in [0.2, 0.25) is 0 Å². The first-order chi connectivity index (χ1) is 7.49. The van der Waals surface area contributed by atoms with Gasteiger partial charge in [0.15, 0.2) is 11.5 Å². The first-order valence-corrected chi connectivity index (χ1v) is 4.83. The van der Waals surface area contributed by atoms with Gasteiger partial charge in [0.1, 0.15) is 0 Å². The summed E-state index contributed by atoms with van der Waals surface area (Å²) in [6.07, 6.45) is -2.68. The number of ketones is 1. The van der Waals surface area contributed by atoms with Gasteiger partial charge in [-0.15, -0.1) is 0 Å². The fourth-order valence-electron chi connectivity index (χ4n) is 1.40. The predicted molar refractivity (Wildman–Crippen MR) is 57.0 cm³/mol. The van der Waals surface area contributed by atoms with E-state index in [4.69, 9.17) is 10.5 Å². The van der Waals surface area contributed by atoms with Gasteiger partial charge in [-0.2, -0.15) is 0 Å². The molecule has 1 aromatic rings. The molecule has 5 heteroatoms. The highest BCUT2D eigenvalue weighted by Crippen LogP contribution is 2.36. The number of ether oxygens (including phenoxy) is 1. The lowest BCUT2D eigenvalue weighted by Gasteiger charge is -2.14. The van der Waals surface area contributed by atoms with E-state index in [1.807, 2.05) is 0 Å². The van der Waals surface area contributed by atoms with Gasteiger partial charge in [-0.3, -0.25) is 4.79 Å². The first kappa shape index (κ1) is 12.4. The number of alkyl halides is 2. The zero-order chi connectivity index (χ0) is 12.3. The van der Waals surface area contributed by atoms with Crippen molar-refractivity contribution < 1.29 is 18.3 Å². The third-order valence-corrected chi connectivity index (χ3v) is 2.13. The summed E-state index contributed by atoms with van der Waals surface area (Å²) in [6, 6.07) is 2.46. The molecule has 88 valence electrons. The maximum absolute atomic E-state index is 12.6. The molecule has 1 rings (SSSR count). The van der Waals surface area contributed by atoms with Crippen molar-refractivity contribution in [1.29, 1.82) is 0 Å². The summed E-state index contributed by atoms with van der Waals surface area (Å²) in [4.78, 5) is 11.2. The number of halogens is 2. The second-order valence-electron chi connectivity index (χ2n) is 3.24. The summed E-state index contributed by atoms with van der Waals surface area (Å²) in [6.45, 7) is 3.20. The molecule has 0 aliphatic carbocycles. The van der Waals surface area contributed by atoms with Crippen molar-refractivity contribution in [1.82, 2.24) is 0 Å². The number of hydrogen-bond acceptors (Lipinski definition) is 3. The van der Waals surface area contributed by atoms with E-state index in [0.29, 0.717) is 0 Å². The maximum Gasteiger partial charge on any atom is 0.267 e. The predicted octanol–water partition coefficient (Wildman–Crippen LogP) is 2.81. The largest absolute Gasteiger partial charge is 0.491 e. The van der Waals surface area contributed by atoms with E-state index < -0.39 is 6.43 Å². The van der Waals surface area contributed by atoms with Crippen LogP contribution in [-0.2, 0) is 0 Å². The van der Waals surface area contributed by atoms with Crippen molar-refractivity contribution in [2.45, 2.75) is 20.3 Å². The monoisotopic (exact) mass is 229 g/mol.